The molecule has 1 saturated heterocycles. The average Bonchev–Trinajstić information content (AvgIpc) is 2.93. The molecule has 0 saturated carbocycles. The Kier molecular flexibility index (Phi) is 3.27. The lowest BCUT2D eigenvalue weighted by molar-refractivity contribution is -0.0511. The Labute approximate surface area is 118 Å². The Balaban J connectivity index is 2.07. The first-order chi connectivity index (χ1) is 9.52. The molecule has 0 unspecified atom stereocenters. The predicted octanol–water partition coefficient (Wildman–Crippen LogP) is -0.722. The SMILES string of the molecule is Nc1cc(Cl)c2ncn([C@@H]3O[C@@H](CO)[C@@H](O)[C@H]3O)c2n1. The topological polar surface area (TPSA) is 127 Å². The number of nitrogens with two attached hydrogens (primary N) is 1. The number of anilines is 1. The van der Waals surface area contributed by atoms with Gasteiger partial charge in [0.1, 0.15) is 29.6 Å². The largest absolute Gasteiger partial charge is 0.394 e. The Morgan fingerprint density at radius 3 is 2.80 bits per heavy atom. The zero-order valence-corrected chi connectivity index (χ0v) is 11.0. The summed E-state index contributed by atoms with van der Waals surface area (Å²) in [5.41, 5.74) is 6.39. The van der Waals surface area contributed by atoms with Crippen molar-refractivity contribution in [2.24, 2.45) is 0 Å². The fraction of sp³-hybridized carbons (Fsp3) is 0.455. The summed E-state index contributed by atoms with van der Waals surface area (Å²) in [5, 5.41) is 29.2. The molecule has 2 aromatic rings. The molecule has 0 aromatic carbocycles. The van der Waals surface area contributed by atoms with Crippen LogP contribution >= 0.6 is 11.6 Å². The van der Waals surface area contributed by atoms with Crippen molar-refractivity contribution in [3.05, 3.63) is 17.4 Å². The average molecular weight is 301 g/mol. The molecule has 2 aromatic heterocycles. The van der Waals surface area contributed by atoms with E-state index >= 15 is 0 Å². The molecule has 0 spiro atoms. The summed E-state index contributed by atoms with van der Waals surface area (Å²) < 4.78 is 6.85. The Hall–Kier alpha value is -1.45. The van der Waals surface area contributed by atoms with Crippen molar-refractivity contribution in [1.82, 2.24) is 14.5 Å². The first-order valence-corrected chi connectivity index (χ1v) is 6.31. The number of pyridine rings is 1. The molecule has 0 aliphatic carbocycles. The lowest BCUT2D eigenvalue weighted by Gasteiger charge is -2.16. The molecule has 5 N–H and O–H groups in total. The molecule has 0 bridgehead atoms. The molecule has 3 heterocycles. The molecule has 0 amide bonds. The predicted molar refractivity (Wildman–Crippen MR) is 70.0 cm³/mol. The lowest BCUT2D eigenvalue weighted by Crippen LogP contribution is -2.33. The summed E-state index contributed by atoms with van der Waals surface area (Å²) in [6, 6.07) is 1.47. The number of nitrogens with zero attached hydrogens (tertiary/aromatic N) is 3. The number of halogens is 1. The monoisotopic (exact) mass is 300 g/mol. The molecule has 8 nitrogen and oxygen atoms in total. The first kappa shape index (κ1) is 13.5. The number of imidazole rings is 1. The minimum Gasteiger partial charge on any atom is -0.394 e. The van der Waals surface area contributed by atoms with Gasteiger partial charge in [-0.25, -0.2) is 9.97 Å². The van der Waals surface area contributed by atoms with E-state index in [4.69, 9.17) is 27.2 Å². The minimum absolute atomic E-state index is 0.205. The van der Waals surface area contributed by atoms with E-state index < -0.39 is 31.1 Å². The van der Waals surface area contributed by atoms with Crippen molar-refractivity contribution in [2.75, 3.05) is 12.3 Å². The smallest absolute Gasteiger partial charge is 0.165 e. The quantitative estimate of drug-likeness (QED) is 0.576. The van der Waals surface area contributed by atoms with Gasteiger partial charge in [-0.1, -0.05) is 11.6 Å². The van der Waals surface area contributed by atoms with Crippen LogP contribution in [0.25, 0.3) is 11.2 Å². The first-order valence-electron chi connectivity index (χ1n) is 5.94. The van der Waals surface area contributed by atoms with Gasteiger partial charge in [-0.3, -0.25) is 4.57 Å². The maximum atomic E-state index is 10.0. The fourth-order valence-corrected chi connectivity index (χ4v) is 2.53. The maximum absolute atomic E-state index is 10.0. The van der Waals surface area contributed by atoms with Gasteiger partial charge >= 0.3 is 0 Å². The van der Waals surface area contributed by atoms with Crippen LogP contribution in [0.15, 0.2) is 12.4 Å². The lowest BCUT2D eigenvalue weighted by atomic mass is 10.1. The van der Waals surface area contributed by atoms with E-state index in [2.05, 4.69) is 9.97 Å². The van der Waals surface area contributed by atoms with Crippen LogP contribution in [0.3, 0.4) is 0 Å². The van der Waals surface area contributed by atoms with Crippen LogP contribution in [0.1, 0.15) is 6.23 Å². The van der Waals surface area contributed by atoms with E-state index in [1.807, 2.05) is 0 Å². The summed E-state index contributed by atoms with van der Waals surface area (Å²) in [6.45, 7) is -0.405. The van der Waals surface area contributed by atoms with Crippen molar-refractivity contribution in [1.29, 1.82) is 0 Å². The number of aliphatic hydroxyl groups excluding tert-OH is 3. The van der Waals surface area contributed by atoms with Gasteiger partial charge in [0.15, 0.2) is 11.9 Å². The molecule has 4 atom stereocenters. The van der Waals surface area contributed by atoms with Crippen molar-refractivity contribution in [2.45, 2.75) is 24.5 Å². The second kappa shape index (κ2) is 4.83. The number of ether oxygens (including phenoxy) is 1. The standard InChI is InChI=1S/C11H13ClN4O4/c12-4-1-6(13)15-10-7(4)14-3-16(10)11-9(19)8(18)5(2-17)20-11/h1,3,5,8-9,11,17-19H,2H2,(H2,13,15)/t5-,8+,9+,11+/m0/s1. The van der Waals surface area contributed by atoms with E-state index in [1.165, 1.54) is 17.0 Å². The van der Waals surface area contributed by atoms with E-state index in [9.17, 15) is 10.2 Å². The molecule has 9 heteroatoms. The Bertz CT molecular complexity index is 649. The van der Waals surface area contributed by atoms with Gasteiger partial charge in [-0.2, -0.15) is 0 Å². The third kappa shape index (κ3) is 1.93. The molecule has 108 valence electrons. The molecule has 1 aliphatic rings. The Morgan fingerprint density at radius 2 is 2.15 bits per heavy atom. The van der Waals surface area contributed by atoms with Crippen molar-refractivity contribution >= 4 is 28.6 Å². The van der Waals surface area contributed by atoms with Crippen molar-refractivity contribution in [3.8, 4) is 0 Å². The molecule has 20 heavy (non-hydrogen) atoms. The fourth-order valence-electron chi connectivity index (χ4n) is 2.28. The van der Waals surface area contributed by atoms with Gasteiger partial charge in [0.05, 0.1) is 18.0 Å². The van der Waals surface area contributed by atoms with E-state index in [1.54, 1.807) is 0 Å². The zero-order valence-electron chi connectivity index (χ0n) is 10.2. The molecule has 1 fully saturated rings. The zero-order chi connectivity index (χ0) is 14.4. The van der Waals surface area contributed by atoms with Crippen LogP contribution in [0.2, 0.25) is 5.02 Å². The van der Waals surface area contributed by atoms with E-state index in [-0.39, 0.29) is 5.82 Å². The van der Waals surface area contributed by atoms with Crippen LogP contribution in [-0.4, -0.2) is 54.8 Å². The number of aliphatic hydroxyl groups is 3. The molecule has 0 radical (unpaired) electrons. The third-order valence-corrected chi connectivity index (χ3v) is 3.58. The third-order valence-electron chi connectivity index (χ3n) is 3.29. The van der Waals surface area contributed by atoms with Crippen LogP contribution < -0.4 is 5.73 Å². The summed E-state index contributed by atoms with van der Waals surface area (Å²) in [7, 11) is 0. The van der Waals surface area contributed by atoms with Gasteiger partial charge in [-0.15, -0.1) is 0 Å². The summed E-state index contributed by atoms with van der Waals surface area (Å²) in [5.74, 6) is 0.205. The van der Waals surface area contributed by atoms with Gasteiger partial charge in [0.25, 0.3) is 0 Å². The molecular weight excluding hydrogens is 288 g/mol. The van der Waals surface area contributed by atoms with E-state index in [0.717, 1.165) is 0 Å². The highest BCUT2D eigenvalue weighted by molar-refractivity contribution is 6.35. The minimum atomic E-state index is -1.22. The summed E-state index contributed by atoms with van der Waals surface area (Å²) >= 11 is 6.01. The van der Waals surface area contributed by atoms with Crippen molar-refractivity contribution < 1.29 is 20.1 Å². The van der Waals surface area contributed by atoms with Crippen LogP contribution in [-0.2, 0) is 4.74 Å². The second-order valence-corrected chi connectivity index (χ2v) is 4.99. The van der Waals surface area contributed by atoms with Crippen molar-refractivity contribution in [3.63, 3.8) is 0 Å². The van der Waals surface area contributed by atoms with Gasteiger partial charge in [0.2, 0.25) is 0 Å². The molecule has 1 aliphatic heterocycles. The number of nitrogen functional groups attached to an aromatic ring is 1. The van der Waals surface area contributed by atoms with E-state index in [0.29, 0.717) is 16.2 Å². The maximum Gasteiger partial charge on any atom is 0.165 e. The summed E-state index contributed by atoms with van der Waals surface area (Å²) in [6.07, 6.45) is -2.81. The van der Waals surface area contributed by atoms with Gasteiger partial charge in [0, 0.05) is 6.07 Å². The number of rotatable bonds is 2. The second-order valence-electron chi connectivity index (χ2n) is 4.58. The van der Waals surface area contributed by atoms with Crippen LogP contribution in [0.5, 0.6) is 0 Å². The Morgan fingerprint density at radius 1 is 1.40 bits per heavy atom. The number of fused-ring (bicyclic) bond motifs is 1. The van der Waals surface area contributed by atoms with Gasteiger partial charge < -0.3 is 25.8 Å². The van der Waals surface area contributed by atoms with Crippen LogP contribution in [0, 0.1) is 0 Å². The molecular formula is C11H13ClN4O4. The normalized spacial score (nSPS) is 30.2. The molecule has 3 rings (SSSR count). The number of hydrogen-bond acceptors (Lipinski definition) is 7. The number of aromatic nitrogens is 3. The highest BCUT2D eigenvalue weighted by atomic mass is 35.5. The number of hydrogen-bond donors (Lipinski definition) is 4. The summed E-state index contributed by atoms with van der Waals surface area (Å²) in [4.78, 5) is 8.20. The van der Waals surface area contributed by atoms with Crippen LogP contribution in [0.4, 0.5) is 5.82 Å². The highest BCUT2D eigenvalue weighted by Crippen LogP contribution is 2.32. The van der Waals surface area contributed by atoms with Gasteiger partial charge in [-0.05, 0) is 0 Å². The highest BCUT2D eigenvalue weighted by Gasteiger charge is 2.43.